The zero-order chi connectivity index (χ0) is 24.8. The SMILES string of the molecule is COc1ccc(-n2nc(CCC(=O)N[C@@H](C(=O)O)c3ccccc3)cc2-c2cccc(F)c2)cc1. The molecule has 0 fully saturated rings. The molecule has 0 aliphatic rings. The maximum Gasteiger partial charge on any atom is 0.330 e. The highest BCUT2D eigenvalue weighted by Gasteiger charge is 2.22. The van der Waals surface area contributed by atoms with Crippen LogP contribution in [0.5, 0.6) is 5.75 Å². The number of amides is 1. The van der Waals surface area contributed by atoms with E-state index in [0.29, 0.717) is 28.3 Å². The number of carbonyl (C=O) groups is 2. The van der Waals surface area contributed by atoms with Gasteiger partial charge in [0.05, 0.1) is 24.2 Å². The van der Waals surface area contributed by atoms with Crippen LogP contribution in [0, 0.1) is 5.82 Å². The van der Waals surface area contributed by atoms with Gasteiger partial charge < -0.3 is 15.2 Å². The smallest absolute Gasteiger partial charge is 0.330 e. The van der Waals surface area contributed by atoms with Crippen molar-refractivity contribution >= 4 is 11.9 Å². The van der Waals surface area contributed by atoms with Crippen molar-refractivity contribution in [3.63, 3.8) is 0 Å². The van der Waals surface area contributed by atoms with Crippen LogP contribution in [-0.4, -0.2) is 33.9 Å². The monoisotopic (exact) mass is 473 g/mol. The van der Waals surface area contributed by atoms with Crippen LogP contribution in [-0.2, 0) is 16.0 Å². The van der Waals surface area contributed by atoms with Crippen molar-refractivity contribution in [3.05, 3.63) is 102 Å². The number of hydrogen-bond acceptors (Lipinski definition) is 4. The van der Waals surface area contributed by atoms with Crippen molar-refractivity contribution in [2.45, 2.75) is 18.9 Å². The third-order valence-electron chi connectivity index (χ3n) is 5.49. The van der Waals surface area contributed by atoms with Crippen LogP contribution in [0.4, 0.5) is 4.39 Å². The van der Waals surface area contributed by atoms with Crippen molar-refractivity contribution in [2.75, 3.05) is 7.11 Å². The van der Waals surface area contributed by atoms with Crippen molar-refractivity contribution < 1.29 is 23.8 Å². The highest BCUT2D eigenvalue weighted by Crippen LogP contribution is 2.26. The van der Waals surface area contributed by atoms with Crippen LogP contribution in [0.3, 0.4) is 0 Å². The highest BCUT2D eigenvalue weighted by molar-refractivity contribution is 5.84. The number of benzene rings is 3. The molecule has 1 amide bonds. The van der Waals surface area contributed by atoms with Gasteiger partial charge in [-0.2, -0.15) is 5.10 Å². The zero-order valence-corrected chi connectivity index (χ0v) is 19.0. The number of aliphatic carboxylic acids is 1. The van der Waals surface area contributed by atoms with Gasteiger partial charge in [-0.15, -0.1) is 0 Å². The molecule has 1 heterocycles. The average molecular weight is 474 g/mol. The third kappa shape index (κ3) is 5.73. The summed E-state index contributed by atoms with van der Waals surface area (Å²) in [6.07, 6.45) is 0.317. The molecule has 0 aliphatic carbocycles. The number of methoxy groups -OCH3 is 1. The van der Waals surface area contributed by atoms with Gasteiger partial charge in [0.25, 0.3) is 0 Å². The van der Waals surface area contributed by atoms with Gasteiger partial charge in [-0.3, -0.25) is 4.79 Å². The molecule has 0 aliphatic heterocycles. The number of rotatable bonds is 9. The molecule has 35 heavy (non-hydrogen) atoms. The van der Waals surface area contributed by atoms with E-state index in [4.69, 9.17) is 4.74 Å². The standard InChI is InChI=1S/C27H24FN3O4/c1-35-23-13-11-22(12-14-23)31-24(19-8-5-9-20(28)16-19)17-21(30-31)10-15-25(32)29-26(27(33)34)18-6-3-2-4-7-18/h2-9,11-14,16-17,26H,10,15H2,1H3,(H,29,32)(H,33,34)/t26-/m1/s1. The van der Waals surface area contributed by atoms with Crippen LogP contribution in [0.1, 0.15) is 23.7 Å². The number of aromatic nitrogens is 2. The fourth-order valence-electron chi connectivity index (χ4n) is 3.73. The van der Waals surface area contributed by atoms with Crippen molar-refractivity contribution in [1.82, 2.24) is 15.1 Å². The van der Waals surface area contributed by atoms with Gasteiger partial charge in [-0.1, -0.05) is 42.5 Å². The fraction of sp³-hybridized carbons (Fsp3) is 0.148. The number of nitrogens with zero attached hydrogens (tertiary/aromatic N) is 2. The molecule has 8 heteroatoms. The molecule has 4 aromatic rings. The summed E-state index contributed by atoms with van der Waals surface area (Å²) in [6.45, 7) is 0. The summed E-state index contributed by atoms with van der Waals surface area (Å²) >= 11 is 0. The predicted molar refractivity (Wildman–Crippen MR) is 129 cm³/mol. The number of carboxylic acids is 1. The molecule has 0 saturated carbocycles. The second-order valence-electron chi connectivity index (χ2n) is 7.89. The average Bonchev–Trinajstić information content (AvgIpc) is 3.31. The minimum absolute atomic E-state index is 0.0405. The Labute approximate surface area is 201 Å². The van der Waals surface area contributed by atoms with E-state index in [2.05, 4.69) is 10.4 Å². The summed E-state index contributed by atoms with van der Waals surface area (Å²) in [7, 11) is 1.58. The Morgan fingerprint density at radius 2 is 1.77 bits per heavy atom. The first-order valence-corrected chi connectivity index (χ1v) is 11.0. The summed E-state index contributed by atoms with van der Waals surface area (Å²) in [5.74, 6) is -1.22. The topological polar surface area (TPSA) is 93.5 Å². The summed E-state index contributed by atoms with van der Waals surface area (Å²) in [6, 6.07) is 22.7. The molecule has 0 radical (unpaired) electrons. The lowest BCUT2D eigenvalue weighted by atomic mass is 10.1. The van der Waals surface area contributed by atoms with Gasteiger partial charge in [0.1, 0.15) is 11.6 Å². The normalized spacial score (nSPS) is 11.6. The van der Waals surface area contributed by atoms with E-state index in [-0.39, 0.29) is 18.7 Å². The van der Waals surface area contributed by atoms with Gasteiger partial charge >= 0.3 is 5.97 Å². The van der Waals surface area contributed by atoms with Crippen LogP contribution in [0.2, 0.25) is 0 Å². The lowest BCUT2D eigenvalue weighted by molar-refractivity contribution is -0.142. The molecular weight excluding hydrogens is 449 g/mol. The first-order valence-electron chi connectivity index (χ1n) is 11.0. The molecule has 1 atom stereocenters. The lowest BCUT2D eigenvalue weighted by Crippen LogP contribution is -2.33. The van der Waals surface area contributed by atoms with Crippen molar-refractivity contribution in [1.29, 1.82) is 0 Å². The number of hydrogen-bond donors (Lipinski definition) is 2. The molecule has 1 aromatic heterocycles. The van der Waals surface area contributed by atoms with Gasteiger partial charge in [0.15, 0.2) is 6.04 Å². The lowest BCUT2D eigenvalue weighted by Gasteiger charge is -2.14. The molecule has 4 rings (SSSR count). The summed E-state index contributed by atoms with van der Waals surface area (Å²) in [4.78, 5) is 24.3. The highest BCUT2D eigenvalue weighted by atomic mass is 19.1. The molecule has 0 spiro atoms. The third-order valence-corrected chi connectivity index (χ3v) is 5.49. The molecule has 2 N–H and O–H groups in total. The largest absolute Gasteiger partial charge is 0.497 e. The number of carboxylic acid groups (broad SMARTS) is 1. The van der Waals surface area contributed by atoms with E-state index in [1.54, 1.807) is 72.5 Å². The molecule has 7 nitrogen and oxygen atoms in total. The van der Waals surface area contributed by atoms with Crippen LogP contribution in [0.25, 0.3) is 16.9 Å². The number of carbonyl (C=O) groups excluding carboxylic acids is 1. The van der Waals surface area contributed by atoms with E-state index >= 15 is 0 Å². The van der Waals surface area contributed by atoms with Gasteiger partial charge in [0.2, 0.25) is 5.91 Å². The maximum atomic E-state index is 13.9. The minimum atomic E-state index is -1.14. The number of halogens is 1. The fourth-order valence-corrected chi connectivity index (χ4v) is 3.73. The van der Waals surface area contributed by atoms with Crippen molar-refractivity contribution in [3.8, 4) is 22.7 Å². The zero-order valence-electron chi connectivity index (χ0n) is 19.0. The molecule has 0 saturated heterocycles. The molecular formula is C27H24FN3O4. The van der Waals surface area contributed by atoms with E-state index in [9.17, 15) is 19.1 Å². The summed E-state index contributed by atoms with van der Waals surface area (Å²) < 4.78 is 20.8. The predicted octanol–water partition coefficient (Wildman–Crippen LogP) is 4.56. The van der Waals surface area contributed by atoms with Gasteiger partial charge in [-0.25, -0.2) is 13.9 Å². The maximum absolute atomic E-state index is 13.9. The number of nitrogens with one attached hydrogen (secondary N) is 1. The molecule has 0 bridgehead atoms. The van der Waals surface area contributed by atoms with E-state index in [1.807, 2.05) is 12.1 Å². The van der Waals surface area contributed by atoms with Crippen molar-refractivity contribution in [2.24, 2.45) is 0 Å². The molecule has 0 unspecified atom stereocenters. The Bertz CT molecular complexity index is 1320. The minimum Gasteiger partial charge on any atom is -0.497 e. The van der Waals surface area contributed by atoms with Crippen LogP contribution >= 0.6 is 0 Å². The number of aryl methyl sites for hydroxylation is 1. The summed E-state index contributed by atoms with van der Waals surface area (Å²) in [5, 5.41) is 16.8. The van der Waals surface area contributed by atoms with Gasteiger partial charge in [0, 0.05) is 18.4 Å². The second-order valence-corrected chi connectivity index (χ2v) is 7.89. The second kappa shape index (κ2) is 10.6. The van der Waals surface area contributed by atoms with Crippen LogP contribution in [0.15, 0.2) is 84.9 Å². The van der Waals surface area contributed by atoms with E-state index < -0.39 is 17.9 Å². The first-order chi connectivity index (χ1) is 16.9. The van der Waals surface area contributed by atoms with Gasteiger partial charge in [-0.05, 0) is 48.0 Å². The Morgan fingerprint density at radius 1 is 1.03 bits per heavy atom. The Hall–Kier alpha value is -4.46. The Morgan fingerprint density at radius 3 is 2.43 bits per heavy atom. The Balaban J connectivity index is 1.55. The molecule has 3 aromatic carbocycles. The quantitative estimate of drug-likeness (QED) is 0.372. The number of ether oxygens (including phenoxy) is 1. The molecule has 178 valence electrons. The first kappa shape index (κ1) is 23.7. The summed E-state index contributed by atoms with van der Waals surface area (Å²) in [5.41, 5.74) is 3.15. The van der Waals surface area contributed by atoms with Crippen LogP contribution < -0.4 is 10.1 Å². The van der Waals surface area contributed by atoms with E-state index in [0.717, 1.165) is 5.69 Å². The Kier molecular flexibility index (Phi) is 7.21. The van der Waals surface area contributed by atoms with E-state index in [1.165, 1.54) is 12.1 Å².